The Labute approximate surface area is 171 Å². The Morgan fingerprint density at radius 3 is 2.55 bits per heavy atom. The van der Waals surface area contributed by atoms with E-state index in [1.807, 2.05) is 48.5 Å². The van der Waals surface area contributed by atoms with E-state index in [1.165, 1.54) is 6.26 Å². The van der Waals surface area contributed by atoms with Gasteiger partial charge in [-0.3, -0.25) is 14.7 Å². The zero-order valence-electron chi connectivity index (χ0n) is 16.4. The van der Waals surface area contributed by atoms with Crippen LogP contribution in [0.15, 0.2) is 54.7 Å². The molecule has 0 radical (unpaired) electrons. The molecule has 0 spiro atoms. The molecular weight excluding hydrogens is 388 g/mol. The lowest BCUT2D eigenvalue weighted by Crippen LogP contribution is -2.39. The first-order chi connectivity index (χ1) is 13.9. The maximum absolute atomic E-state index is 12.4. The topological polar surface area (TPSA) is 82.6 Å². The maximum atomic E-state index is 12.4. The van der Waals surface area contributed by atoms with E-state index >= 15 is 0 Å². The van der Waals surface area contributed by atoms with E-state index in [0.717, 1.165) is 17.8 Å². The van der Waals surface area contributed by atoms with Crippen LogP contribution < -0.4 is 5.32 Å². The lowest BCUT2D eigenvalue weighted by molar-refractivity contribution is -0.122. The van der Waals surface area contributed by atoms with Crippen LogP contribution in [-0.4, -0.2) is 60.9 Å². The molecule has 3 atom stereocenters. The van der Waals surface area contributed by atoms with Gasteiger partial charge in [0.15, 0.2) is 0 Å². The number of aromatic nitrogens is 1. The van der Waals surface area contributed by atoms with Gasteiger partial charge in [-0.15, -0.1) is 0 Å². The summed E-state index contributed by atoms with van der Waals surface area (Å²) >= 11 is 0. The fourth-order valence-electron chi connectivity index (χ4n) is 4.58. The van der Waals surface area contributed by atoms with Crippen LogP contribution in [0.25, 0.3) is 0 Å². The van der Waals surface area contributed by atoms with Crippen molar-refractivity contribution in [2.75, 3.05) is 32.4 Å². The zero-order chi connectivity index (χ0) is 20.4. The van der Waals surface area contributed by atoms with Gasteiger partial charge in [0.05, 0.1) is 31.1 Å². The number of pyridine rings is 1. The molecule has 154 valence electrons. The van der Waals surface area contributed by atoms with Gasteiger partial charge >= 0.3 is 0 Å². The minimum Gasteiger partial charge on any atom is -0.349 e. The highest BCUT2D eigenvalue weighted by Crippen LogP contribution is 2.45. The predicted octanol–water partition coefficient (Wildman–Crippen LogP) is 1.26. The summed E-state index contributed by atoms with van der Waals surface area (Å²) in [4.78, 5) is 18.7. The molecule has 1 amide bonds. The van der Waals surface area contributed by atoms with Crippen LogP contribution in [0.2, 0.25) is 0 Å². The number of amides is 1. The van der Waals surface area contributed by atoms with Gasteiger partial charge in [-0.1, -0.05) is 36.4 Å². The van der Waals surface area contributed by atoms with E-state index in [-0.39, 0.29) is 23.8 Å². The van der Waals surface area contributed by atoms with Gasteiger partial charge in [0.1, 0.15) is 0 Å². The number of carbonyl (C=O) groups is 1. The van der Waals surface area contributed by atoms with E-state index in [9.17, 15) is 13.2 Å². The lowest BCUT2D eigenvalue weighted by atomic mass is 9.90. The van der Waals surface area contributed by atoms with Crippen molar-refractivity contribution in [3.8, 4) is 0 Å². The van der Waals surface area contributed by atoms with Gasteiger partial charge in [-0.05, 0) is 29.5 Å². The van der Waals surface area contributed by atoms with Crippen LogP contribution in [0.5, 0.6) is 0 Å². The number of sulfonamides is 1. The van der Waals surface area contributed by atoms with E-state index < -0.39 is 10.0 Å². The largest absolute Gasteiger partial charge is 0.349 e. The minimum atomic E-state index is -3.29. The van der Waals surface area contributed by atoms with Crippen LogP contribution in [0.4, 0.5) is 0 Å². The second-order valence-corrected chi connectivity index (χ2v) is 9.84. The third-order valence-electron chi connectivity index (χ3n) is 5.82. The molecule has 0 unspecified atom stereocenters. The second kappa shape index (κ2) is 8.22. The number of hydrogen-bond acceptors (Lipinski definition) is 5. The highest BCUT2D eigenvalue weighted by Gasteiger charge is 2.50. The number of carbonyl (C=O) groups excluding carboxylic acids is 1. The third kappa shape index (κ3) is 4.49. The van der Waals surface area contributed by atoms with Crippen molar-refractivity contribution in [3.63, 3.8) is 0 Å². The van der Waals surface area contributed by atoms with E-state index in [2.05, 4.69) is 15.2 Å². The minimum absolute atomic E-state index is 0.0353. The summed E-state index contributed by atoms with van der Waals surface area (Å²) in [5, 5.41) is 2.92. The molecule has 2 aromatic rings. The smallest absolute Gasteiger partial charge is 0.234 e. The van der Waals surface area contributed by atoms with Crippen LogP contribution >= 0.6 is 0 Å². The number of rotatable bonds is 6. The van der Waals surface area contributed by atoms with Gasteiger partial charge < -0.3 is 5.32 Å². The zero-order valence-corrected chi connectivity index (χ0v) is 17.3. The number of nitrogens with zero attached hydrogens (tertiary/aromatic N) is 3. The van der Waals surface area contributed by atoms with Gasteiger partial charge in [0, 0.05) is 25.8 Å². The van der Waals surface area contributed by atoms with Crippen molar-refractivity contribution in [2.24, 2.45) is 11.8 Å². The maximum Gasteiger partial charge on any atom is 0.234 e. The van der Waals surface area contributed by atoms with Crippen molar-refractivity contribution in [1.29, 1.82) is 0 Å². The predicted molar refractivity (Wildman–Crippen MR) is 110 cm³/mol. The monoisotopic (exact) mass is 414 g/mol. The van der Waals surface area contributed by atoms with E-state index in [0.29, 0.717) is 26.2 Å². The first kappa shape index (κ1) is 20.0. The SMILES string of the molecule is CS(=O)(=O)N1C[C@H]2CN(CC(=O)NCc3ccccn3)C[C@H]2[C@@H]1c1ccccc1. The first-order valence-electron chi connectivity index (χ1n) is 9.82. The Bertz CT molecular complexity index is 952. The van der Waals surface area contributed by atoms with Gasteiger partial charge in [-0.25, -0.2) is 8.42 Å². The Balaban J connectivity index is 1.41. The Kier molecular flexibility index (Phi) is 5.67. The molecule has 0 bridgehead atoms. The summed E-state index contributed by atoms with van der Waals surface area (Å²) in [6.07, 6.45) is 2.99. The number of benzene rings is 1. The summed E-state index contributed by atoms with van der Waals surface area (Å²) in [6, 6.07) is 15.3. The molecule has 0 saturated carbocycles. The van der Waals surface area contributed by atoms with Gasteiger partial charge in [-0.2, -0.15) is 4.31 Å². The normalized spacial score (nSPS) is 25.1. The molecular formula is C21H26N4O3S. The van der Waals surface area contributed by atoms with Crippen molar-refractivity contribution >= 4 is 15.9 Å². The molecule has 1 aromatic heterocycles. The molecule has 2 fully saturated rings. The molecule has 1 N–H and O–H groups in total. The van der Waals surface area contributed by atoms with E-state index in [1.54, 1.807) is 10.5 Å². The van der Waals surface area contributed by atoms with Crippen molar-refractivity contribution in [3.05, 3.63) is 66.0 Å². The fraction of sp³-hybridized carbons (Fsp3) is 0.429. The molecule has 1 aromatic carbocycles. The summed E-state index contributed by atoms with van der Waals surface area (Å²) in [5.41, 5.74) is 1.85. The summed E-state index contributed by atoms with van der Waals surface area (Å²) < 4.78 is 26.4. The molecule has 8 heteroatoms. The molecule has 2 aliphatic heterocycles. The van der Waals surface area contributed by atoms with Crippen molar-refractivity contribution in [2.45, 2.75) is 12.6 Å². The van der Waals surface area contributed by atoms with Crippen LogP contribution in [0.3, 0.4) is 0 Å². The Morgan fingerprint density at radius 2 is 1.86 bits per heavy atom. The first-order valence-corrected chi connectivity index (χ1v) is 11.7. The summed E-state index contributed by atoms with van der Waals surface area (Å²) in [7, 11) is -3.29. The summed E-state index contributed by atoms with van der Waals surface area (Å²) in [6.45, 7) is 2.69. The molecule has 7 nitrogen and oxygen atoms in total. The van der Waals surface area contributed by atoms with Gasteiger partial charge in [0.2, 0.25) is 15.9 Å². The fourth-order valence-corrected chi connectivity index (χ4v) is 5.74. The average Bonchev–Trinajstić information content (AvgIpc) is 3.25. The van der Waals surface area contributed by atoms with Crippen molar-refractivity contribution in [1.82, 2.24) is 19.5 Å². The van der Waals surface area contributed by atoms with Crippen LogP contribution in [0, 0.1) is 11.8 Å². The highest BCUT2D eigenvalue weighted by atomic mass is 32.2. The summed E-state index contributed by atoms with van der Waals surface area (Å²) in [5.74, 6) is 0.390. The highest BCUT2D eigenvalue weighted by molar-refractivity contribution is 7.88. The number of nitrogens with one attached hydrogen (secondary N) is 1. The number of hydrogen-bond donors (Lipinski definition) is 1. The molecule has 3 heterocycles. The molecule has 29 heavy (non-hydrogen) atoms. The second-order valence-electron chi connectivity index (χ2n) is 7.90. The molecule has 0 aliphatic carbocycles. The van der Waals surface area contributed by atoms with Crippen molar-refractivity contribution < 1.29 is 13.2 Å². The average molecular weight is 415 g/mol. The van der Waals surface area contributed by atoms with E-state index in [4.69, 9.17) is 0 Å². The quantitative estimate of drug-likeness (QED) is 0.770. The number of fused-ring (bicyclic) bond motifs is 1. The molecule has 4 rings (SSSR count). The Morgan fingerprint density at radius 1 is 1.10 bits per heavy atom. The third-order valence-corrected chi connectivity index (χ3v) is 7.05. The Hall–Kier alpha value is -2.29. The standard InChI is InChI=1S/C21H26N4O3S/c1-29(27,28)25-13-17-12-24(14-19(17)21(25)16-7-3-2-4-8-16)15-20(26)23-11-18-9-5-6-10-22-18/h2-10,17,19,21H,11-15H2,1H3,(H,23,26)/t17-,19-,21+/m1/s1. The molecule has 2 aliphatic rings. The lowest BCUT2D eigenvalue weighted by Gasteiger charge is -2.28. The van der Waals surface area contributed by atoms with Gasteiger partial charge in [0.25, 0.3) is 0 Å². The van der Waals surface area contributed by atoms with Crippen LogP contribution in [-0.2, 0) is 21.4 Å². The molecule has 2 saturated heterocycles. The van der Waals surface area contributed by atoms with Crippen LogP contribution in [0.1, 0.15) is 17.3 Å². The number of likely N-dealkylation sites (tertiary alicyclic amines) is 1.